The highest BCUT2D eigenvalue weighted by molar-refractivity contribution is 5.92. The van der Waals surface area contributed by atoms with E-state index < -0.39 is 0 Å². The molecule has 0 atom stereocenters. The maximum absolute atomic E-state index is 11.9. The summed E-state index contributed by atoms with van der Waals surface area (Å²) in [6, 6.07) is 11.4. The van der Waals surface area contributed by atoms with Gasteiger partial charge < -0.3 is 15.4 Å². The molecule has 1 heterocycles. The minimum absolute atomic E-state index is 0.0767. The molecule has 2 aromatic rings. The van der Waals surface area contributed by atoms with Gasteiger partial charge in [0.1, 0.15) is 0 Å². The first-order valence-corrected chi connectivity index (χ1v) is 6.75. The van der Waals surface area contributed by atoms with Crippen LogP contribution in [0.4, 0.5) is 5.69 Å². The Kier molecular flexibility index (Phi) is 5.29. The molecule has 0 radical (unpaired) electrons. The van der Waals surface area contributed by atoms with Gasteiger partial charge in [-0.2, -0.15) is 0 Å². The first kappa shape index (κ1) is 15.0. The Morgan fingerprint density at radius 2 is 2.05 bits per heavy atom. The van der Waals surface area contributed by atoms with E-state index in [0.29, 0.717) is 12.4 Å². The third-order valence-electron chi connectivity index (χ3n) is 3.06. The van der Waals surface area contributed by atoms with Gasteiger partial charge in [-0.15, -0.1) is 0 Å². The standard InChI is InChI=1S/C16H19N3O2/c1-12-6-3-4-8-14(12)19-15(20)11-17-10-13-7-5-9-18-16(13)21-2/h3-9,17H,10-11H2,1-2H3,(H,19,20). The summed E-state index contributed by atoms with van der Waals surface area (Å²) < 4.78 is 5.16. The molecule has 0 fully saturated rings. The van der Waals surface area contributed by atoms with Gasteiger partial charge in [-0.05, 0) is 24.6 Å². The number of aryl methyl sites for hydroxylation is 1. The lowest BCUT2D eigenvalue weighted by Gasteiger charge is -2.10. The van der Waals surface area contributed by atoms with Gasteiger partial charge in [0.05, 0.1) is 13.7 Å². The number of hydrogen-bond donors (Lipinski definition) is 2. The fourth-order valence-corrected chi connectivity index (χ4v) is 1.96. The summed E-state index contributed by atoms with van der Waals surface area (Å²) >= 11 is 0. The molecule has 1 amide bonds. The largest absolute Gasteiger partial charge is 0.481 e. The maximum Gasteiger partial charge on any atom is 0.238 e. The molecule has 21 heavy (non-hydrogen) atoms. The number of benzene rings is 1. The zero-order valence-electron chi connectivity index (χ0n) is 12.2. The highest BCUT2D eigenvalue weighted by Crippen LogP contribution is 2.13. The number of para-hydroxylation sites is 1. The van der Waals surface area contributed by atoms with Gasteiger partial charge in [0, 0.05) is 24.0 Å². The van der Waals surface area contributed by atoms with Crippen molar-refractivity contribution in [1.29, 1.82) is 0 Å². The molecule has 110 valence electrons. The molecule has 0 saturated carbocycles. The number of anilines is 1. The van der Waals surface area contributed by atoms with E-state index >= 15 is 0 Å². The van der Waals surface area contributed by atoms with Crippen LogP contribution in [0.1, 0.15) is 11.1 Å². The minimum atomic E-state index is -0.0767. The van der Waals surface area contributed by atoms with Crippen molar-refractivity contribution in [2.45, 2.75) is 13.5 Å². The van der Waals surface area contributed by atoms with Crippen LogP contribution < -0.4 is 15.4 Å². The quantitative estimate of drug-likeness (QED) is 0.853. The minimum Gasteiger partial charge on any atom is -0.481 e. The fraction of sp³-hybridized carbons (Fsp3) is 0.250. The molecule has 2 N–H and O–H groups in total. The molecule has 0 saturated heterocycles. The second-order valence-electron chi connectivity index (χ2n) is 4.64. The van der Waals surface area contributed by atoms with Gasteiger partial charge in [-0.1, -0.05) is 24.3 Å². The van der Waals surface area contributed by atoms with Gasteiger partial charge in [0.25, 0.3) is 0 Å². The third kappa shape index (κ3) is 4.29. The molecule has 1 aromatic heterocycles. The van der Waals surface area contributed by atoms with E-state index in [1.807, 2.05) is 43.3 Å². The van der Waals surface area contributed by atoms with Crippen molar-refractivity contribution in [3.8, 4) is 5.88 Å². The Balaban J connectivity index is 1.83. The van der Waals surface area contributed by atoms with Crippen LogP contribution in [-0.2, 0) is 11.3 Å². The molecule has 0 unspecified atom stereocenters. The molecule has 5 nitrogen and oxygen atoms in total. The number of ether oxygens (including phenoxy) is 1. The van der Waals surface area contributed by atoms with Crippen LogP contribution in [0.25, 0.3) is 0 Å². The molecule has 0 aliphatic heterocycles. The van der Waals surface area contributed by atoms with Crippen LogP contribution in [0.5, 0.6) is 5.88 Å². The number of amides is 1. The summed E-state index contributed by atoms with van der Waals surface area (Å²) in [6.45, 7) is 2.72. The predicted octanol–water partition coefficient (Wildman–Crippen LogP) is 2.13. The van der Waals surface area contributed by atoms with Crippen molar-refractivity contribution in [3.63, 3.8) is 0 Å². The van der Waals surface area contributed by atoms with Crippen molar-refractivity contribution in [3.05, 3.63) is 53.7 Å². The molecule has 5 heteroatoms. The molecule has 1 aromatic carbocycles. The van der Waals surface area contributed by atoms with E-state index in [0.717, 1.165) is 16.8 Å². The Morgan fingerprint density at radius 3 is 2.81 bits per heavy atom. The predicted molar refractivity (Wildman–Crippen MR) is 82.3 cm³/mol. The summed E-state index contributed by atoms with van der Waals surface area (Å²) in [5.74, 6) is 0.497. The Hall–Kier alpha value is -2.40. The van der Waals surface area contributed by atoms with E-state index in [2.05, 4.69) is 15.6 Å². The SMILES string of the molecule is COc1ncccc1CNCC(=O)Nc1ccccc1C. The van der Waals surface area contributed by atoms with Crippen LogP contribution in [-0.4, -0.2) is 24.5 Å². The number of hydrogen-bond acceptors (Lipinski definition) is 4. The Bertz CT molecular complexity index is 614. The first-order valence-electron chi connectivity index (χ1n) is 6.75. The number of methoxy groups -OCH3 is 1. The highest BCUT2D eigenvalue weighted by Gasteiger charge is 2.06. The van der Waals surface area contributed by atoms with Gasteiger partial charge >= 0.3 is 0 Å². The van der Waals surface area contributed by atoms with E-state index in [9.17, 15) is 4.79 Å². The van der Waals surface area contributed by atoms with Crippen molar-refractivity contribution in [1.82, 2.24) is 10.3 Å². The first-order chi connectivity index (χ1) is 10.2. The Labute approximate surface area is 124 Å². The summed E-state index contributed by atoms with van der Waals surface area (Å²) in [6.07, 6.45) is 1.67. The Morgan fingerprint density at radius 1 is 1.24 bits per heavy atom. The molecule has 0 spiro atoms. The lowest BCUT2D eigenvalue weighted by Crippen LogP contribution is -2.28. The van der Waals surface area contributed by atoms with Crippen molar-refractivity contribution < 1.29 is 9.53 Å². The summed E-state index contributed by atoms with van der Waals surface area (Å²) in [5, 5.41) is 5.96. The highest BCUT2D eigenvalue weighted by atomic mass is 16.5. The number of aromatic nitrogens is 1. The smallest absolute Gasteiger partial charge is 0.238 e. The van der Waals surface area contributed by atoms with Crippen LogP contribution in [0.15, 0.2) is 42.6 Å². The van der Waals surface area contributed by atoms with Gasteiger partial charge in [-0.25, -0.2) is 4.98 Å². The molecular formula is C16H19N3O2. The lowest BCUT2D eigenvalue weighted by atomic mass is 10.2. The second kappa shape index (κ2) is 7.40. The fourth-order valence-electron chi connectivity index (χ4n) is 1.96. The molecule has 0 bridgehead atoms. The normalized spacial score (nSPS) is 10.2. The summed E-state index contributed by atoms with van der Waals surface area (Å²) in [5.41, 5.74) is 2.80. The van der Waals surface area contributed by atoms with Gasteiger partial charge in [0.15, 0.2) is 0 Å². The van der Waals surface area contributed by atoms with Crippen LogP contribution in [0.2, 0.25) is 0 Å². The summed E-state index contributed by atoms with van der Waals surface area (Å²) in [4.78, 5) is 16.0. The van der Waals surface area contributed by atoms with Gasteiger partial charge in [0.2, 0.25) is 11.8 Å². The van der Waals surface area contributed by atoms with E-state index in [1.54, 1.807) is 13.3 Å². The number of nitrogens with zero attached hydrogens (tertiary/aromatic N) is 1. The maximum atomic E-state index is 11.9. The number of carbonyl (C=O) groups is 1. The average Bonchev–Trinajstić information content (AvgIpc) is 2.50. The number of nitrogens with one attached hydrogen (secondary N) is 2. The molecule has 0 aliphatic carbocycles. The molecule has 0 aliphatic rings. The lowest BCUT2D eigenvalue weighted by molar-refractivity contribution is -0.115. The zero-order valence-corrected chi connectivity index (χ0v) is 12.2. The van der Waals surface area contributed by atoms with Crippen LogP contribution in [0, 0.1) is 6.92 Å². The average molecular weight is 285 g/mol. The van der Waals surface area contributed by atoms with Crippen molar-refractivity contribution in [2.75, 3.05) is 19.0 Å². The van der Waals surface area contributed by atoms with E-state index in [-0.39, 0.29) is 12.5 Å². The van der Waals surface area contributed by atoms with Crippen LogP contribution >= 0.6 is 0 Å². The number of pyridine rings is 1. The van der Waals surface area contributed by atoms with Crippen molar-refractivity contribution >= 4 is 11.6 Å². The number of rotatable bonds is 6. The molecular weight excluding hydrogens is 266 g/mol. The zero-order chi connectivity index (χ0) is 15.1. The number of carbonyl (C=O) groups excluding carboxylic acids is 1. The third-order valence-corrected chi connectivity index (χ3v) is 3.06. The van der Waals surface area contributed by atoms with Crippen molar-refractivity contribution in [2.24, 2.45) is 0 Å². The van der Waals surface area contributed by atoms with Crippen LogP contribution in [0.3, 0.4) is 0 Å². The second-order valence-corrected chi connectivity index (χ2v) is 4.64. The van der Waals surface area contributed by atoms with E-state index in [1.165, 1.54) is 0 Å². The molecule has 2 rings (SSSR count). The summed E-state index contributed by atoms with van der Waals surface area (Å²) in [7, 11) is 1.58. The monoisotopic (exact) mass is 285 g/mol. The topological polar surface area (TPSA) is 63.2 Å². The van der Waals surface area contributed by atoms with Gasteiger partial charge in [-0.3, -0.25) is 4.79 Å². The van der Waals surface area contributed by atoms with E-state index in [4.69, 9.17) is 4.74 Å².